The summed E-state index contributed by atoms with van der Waals surface area (Å²) >= 11 is 0. The highest BCUT2D eigenvalue weighted by Gasteiger charge is 2.09. The smallest absolute Gasteiger partial charge is 0.239 e. The first kappa shape index (κ1) is 14.5. The molecule has 1 amide bonds. The van der Waals surface area contributed by atoms with Gasteiger partial charge in [0.15, 0.2) is 0 Å². The van der Waals surface area contributed by atoms with E-state index in [1.165, 1.54) is 0 Å². The fraction of sp³-hybridized carbons (Fsp3) is 0.667. The molecule has 0 spiro atoms. The molecule has 0 saturated heterocycles. The van der Waals surface area contributed by atoms with Crippen LogP contribution in [0.25, 0.3) is 0 Å². The molecule has 0 aromatic carbocycles. The summed E-state index contributed by atoms with van der Waals surface area (Å²) in [6.07, 6.45) is 2.72. The van der Waals surface area contributed by atoms with Gasteiger partial charge < -0.3 is 15.4 Å². The van der Waals surface area contributed by atoms with E-state index in [0.29, 0.717) is 6.61 Å². The number of amides is 1. The first-order valence-electron chi connectivity index (χ1n) is 6.11. The predicted octanol–water partition coefficient (Wildman–Crippen LogP) is 0.546. The quantitative estimate of drug-likeness (QED) is 0.745. The molecule has 1 aromatic rings. The monoisotopic (exact) mass is 254 g/mol. The van der Waals surface area contributed by atoms with Gasteiger partial charge in [0.05, 0.1) is 24.5 Å². The van der Waals surface area contributed by atoms with Crippen LogP contribution in [0.5, 0.6) is 0 Å². The molecule has 18 heavy (non-hydrogen) atoms. The highest BCUT2D eigenvalue weighted by Crippen LogP contribution is 2.12. The van der Waals surface area contributed by atoms with Crippen molar-refractivity contribution in [2.75, 3.05) is 25.6 Å². The number of anilines is 1. The van der Waals surface area contributed by atoms with Gasteiger partial charge in [0, 0.05) is 26.4 Å². The summed E-state index contributed by atoms with van der Waals surface area (Å²) in [5, 5.41) is 10.2. The van der Waals surface area contributed by atoms with Gasteiger partial charge in [0.25, 0.3) is 0 Å². The third kappa shape index (κ3) is 4.37. The Labute approximate surface area is 108 Å². The van der Waals surface area contributed by atoms with Crippen LogP contribution in [0.2, 0.25) is 0 Å². The second kappa shape index (κ2) is 7.00. The summed E-state index contributed by atoms with van der Waals surface area (Å²) in [4.78, 5) is 11.7. The molecule has 6 nitrogen and oxygen atoms in total. The van der Waals surface area contributed by atoms with Crippen LogP contribution in [0.4, 0.5) is 5.69 Å². The molecule has 0 fully saturated rings. The lowest BCUT2D eigenvalue weighted by Gasteiger charge is -2.13. The Morgan fingerprint density at radius 2 is 2.33 bits per heavy atom. The molecule has 1 unspecified atom stereocenters. The Kier molecular flexibility index (Phi) is 5.64. The molecule has 1 heterocycles. The summed E-state index contributed by atoms with van der Waals surface area (Å²) in [6, 6.07) is 0.0174. The van der Waals surface area contributed by atoms with Crippen LogP contribution in [-0.2, 0) is 23.0 Å². The van der Waals surface area contributed by atoms with E-state index in [-0.39, 0.29) is 18.5 Å². The summed E-state index contributed by atoms with van der Waals surface area (Å²) in [6.45, 7) is 4.70. The number of nitrogens with zero attached hydrogens (tertiary/aromatic N) is 2. The van der Waals surface area contributed by atoms with Gasteiger partial charge in [0.2, 0.25) is 5.91 Å². The largest absolute Gasteiger partial charge is 0.383 e. The Morgan fingerprint density at radius 1 is 1.61 bits per heavy atom. The van der Waals surface area contributed by atoms with E-state index in [9.17, 15) is 4.79 Å². The van der Waals surface area contributed by atoms with Crippen LogP contribution < -0.4 is 10.6 Å². The number of methoxy groups -OCH3 is 1. The maximum absolute atomic E-state index is 11.7. The van der Waals surface area contributed by atoms with Crippen molar-refractivity contribution in [3.05, 3.63) is 11.9 Å². The lowest BCUT2D eigenvalue weighted by molar-refractivity contribution is -0.120. The molecule has 0 aliphatic carbocycles. The average molecular weight is 254 g/mol. The van der Waals surface area contributed by atoms with Crippen LogP contribution in [0.1, 0.15) is 19.5 Å². The van der Waals surface area contributed by atoms with Gasteiger partial charge in [0.1, 0.15) is 0 Å². The Bertz CT molecular complexity index is 389. The van der Waals surface area contributed by atoms with Crippen LogP contribution in [0.15, 0.2) is 6.20 Å². The van der Waals surface area contributed by atoms with Gasteiger partial charge in [-0.1, -0.05) is 6.92 Å². The maximum Gasteiger partial charge on any atom is 0.239 e. The molecule has 1 rings (SSSR count). The fourth-order valence-electron chi connectivity index (χ4n) is 1.74. The van der Waals surface area contributed by atoms with Gasteiger partial charge in [-0.25, -0.2) is 0 Å². The van der Waals surface area contributed by atoms with E-state index >= 15 is 0 Å². The molecule has 0 aliphatic heterocycles. The van der Waals surface area contributed by atoms with Crippen molar-refractivity contribution >= 4 is 11.6 Å². The topological polar surface area (TPSA) is 68.2 Å². The van der Waals surface area contributed by atoms with Crippen molar-refractivity contribution in [3.8, 4) is 0 Å². The van der Waals surface area contributed by atoms with Crippen LogP contribution in [0, 0.1) is 0 Å². The molecule has 2 N–H and O–H groups in total. The van der Waals surface area contributed by atoms with Crippen LogP contribution in [-0.4, -0.2) is 42.0 Å². The first-order valence-corrected chi connectivity index (χ1v) is 6.11. The van der Waals surface area contributed by atoms with E-state index in [0.717, 1.165) is 17.8 Å². The summed E-state index contributed by atoms with van der Waals surface area (Å²) in [5.41, 5.74) is 1.88. The summed E-state index contributed by atoms with van der Waals surface area (Å²) in [7, 11) is 3.48. The van der Waals surface area contributed by atoms with E-state index in [1.807, 2.05) is 27.1 Å². The molecule has 0 aliphatic rings. The minimum Gasteiger partial charge on any atom is -0.383 e. The highest BCUT2D eigenvalue weighted by atomic mass is 16.5. The fourth-order valence-corrected chi connectivity index (χ4v) is 1.74. The first-order chi connectivity index (χ1) is 8.56. The van der Waals surface area contributed by atoms with Crippen LogP contribution in [0.3, 0.4) is 0 Å². The summed E-state index contributed by atoms with van der Waals surface area (Å²) in [5.74, 6) is -0.0505. The van der Waals surface area contributed by atoms with Crippen molar-refractivity contribution < 1.29 is 9.53 Å². The number of hydrogen-bond acceptors (Lipinski definition) is 4. The molecule has 1 atom stereocenters. The van der Waals surface area contributed by atoms with Crippen LogP contribution >= 0.6 is 0 Å². The zero-order valence-corrected chi connectivity index (χ0v) is 11.5. The second-order valence-corrected chi connectivity index (χ2v) is 4.29. The maximum atomic E-state index is 11.7. The predicted molar refractivity (Wildman–Crippen MR) is 70.6 cm³/mol. The van der Waals surface area contributed by atoms with Crippen molar-refractivity contribution in [2.45, 2.75) is 26.3 Å². The zero-order valence-electron chi connectivity index (χ0n) is 11.5. The van der Waals surface area contributed by atoms with E-state index in [4.69, 9.17) is 4.74 Å². The lowest BCUT2D eigenvalue weighted by atomic mass is 10.3. The Balaban J connectivity index is 2.42. The molecule has 102 valence electrons. The van der Waals surface area contributed by atoms with Crippen molar-refractivity contribution in [3.63, 3.8) is 0 Å². The van der Waals surface area contributed by atoms with E-state index in [2.05, 4.69) is 15.7 Å². The number of aryl methyl sites for hydroxylation is 2. The van der Waals surface area contributed by atoms with Gasteiger partial charge in [-0.05, 0) is 13.3 Å². The number of carbonyl (C=O) groups excluding carboxylic acids is 1. The number of aromatic nitrogens is 2. The molecule has 0 radical (unpaired) electrons. The standard InChI is InChI=1S/C12H22N4O2/c1-5-10-11(7-16(3)15-10)13-6-12(17)14-9(2)8-18-4/h7,9,13H,5-6,8H2,1-4H3,(H,14,17). The van der Waals surface area contributed by atoms with Gasteiger partial charge in [-0.3, -0.25) is 9.48 Å². The number of hydrogen-bond donors (Lipinski definition) is 2. The second-order valence-electron chi connectivity index (χ2n) is 4.29. The van der Waals surface area contributed by atoms with Crippen molar-refractivity contribution in [1.82, 2.24) is 15.1 Å². The number of rotatable bonds is 7. The molecule has 0 bridgehead atoms. The summed E-state index contributed by atoms with van der Waals surface area (Å²) < 4.78 is 6.70. The SMILES string of the molecule is CCc1nn(C)cc1NCC(=O)NC(C)COC. The Hall–Kier alpha value is -1.56. The van der Waals surface area contributed by atoms with Gasteiger partial charge in [-0.15, -0.1) is 0 Å². The van der Waals surface area contributed by atoms with E-state index in [1.54, 1.807) is 11.8 Å². The minimum absolute atomic E-state index is 0.0174. The highest BCUT2D eigenvalue weighted by molar-refractivity contribution is 5.81. The minimum atomic E-state index is -0.0505. The van der Waals surface area contributed by atoms with Gasteiger partial charge >= 0.3 is 0 Å². The number of ether oxygens (including phenoxy) is 1. The van der Waals surface area contributed by atoms with E-state index < -0.39 is 0 Å². The molecular weight excluding hydrogens is 232 g/mol. The van der Waals surface area contributed by atoms with Crippen molar-refractivity contribution in [2.24, 2.45) is 7.05 Å². The zero-order chi connectivity index (χ0) is 13.5. The lowest BCUT2D eigenvalue weighted by Crippen LogP contribution is -2.39. The molecule has 1 aromatic heterocycles. The van der Waals surface area contributed by atoms with Crippen molar-refractivity contribution in [1.29, 1.82) is 0 Å². The van der Waals surface area contributed by atoms with Gasteiger partial charge in [-0.2, -0.15) is 5.10 Å². The molecule has 0 saturated carbocycles. The third-order valence-electron chi connectivity index (χ3n) is 2.50. The molecular formula is C12H22N4O2. The number of nitrogens with one attached hydrogen (secondary N) is 2. The molecule has 6 heteroatoms. The third-order valence-corrected chi connectivity index (χ3v) is 2.50. The normalized spacial score (nSPS) is 12.2. The average Bonchev–Trinajstić information content (AvgIpc) is 2.67. The Morgan fingerprint density at radius 3 is 2.94 bits per heavy atom. The number of carbonyl (C=O) groups is 1.